The number of hydrogen-bond donors (Lipinski definition) is 1. The Bertz CT molecular complexity index is 649. The fourth-order valence-corrected chi connectivity index (χ4v) is 1.71. The summed E-state index contributed by atoms with van der Waals surface area (Å²) in [6, 6.07) is 9.53. The molecule has 0 aliphatic carbocycles. The van der Waals surface area contributed by atoms with Crippen molar-refractivity contribution in [3.8, 4) is 5.75 Å². The van der Waals surface area contributed by atoms with E-state index in [9.17, 15) is 24.0 Å². The highest BCUT2D eigenvalue weighted by Crippen LogP contribution is 2.27. The van der Waals surface area contributed by atoms with E-state index in [1.807, 2.05) is 0 Å². The zero-order valence-electron chi connectivity index (χ0n) is 10.7. The van der Waals surface area contributed by atoms with Crippen LogP contribution in [0.2, 0.25) is 0 Å². The molecule has 21 heavy (non-hydrogen) atoms. The second-order valence-corrected chi connectivity index (χ2v) is 4.23. The molecule has 1 unspecified atom stereocenters. The molecule has 1 N–H and O–H groups in total. The third kappa shape index (κ3) is 3.51. The number of aliphatic hydroxyl groups excluding tert-OH is 1. The maximum Gasteiger partial charge on any atom is 0.307 e. The third-order valence-electron chi connectivity index (χ3n) is 2.78. The van der Waals surface area contributed by atoms with Gasteiger partial charge in [-0.25, -0.2) is 4.39 Å². The molecule has 110 valence electrons. The van der Waals surface area contributed by atoms with Crippen molar-refractivity contribution in [2.75, 3.05) is 6.61 Å². The molecule has 0 aromatic heterocycles. The zero-order chi connectivity index (χ0) is 15.4. The van der Waals surface area contributed by atoms with E-state index in [1.54, 1.807) is 30.3 Å². The summed E-state index contributed by atoms with van der Waals surface area (Å²) < 4.78 is 31.9. The van der Waals surface area contributed by atoms with Crippen molar-refractivity contribution in [1.29, 1.82) is 0 Å². The smallest absolute Gasteiger partial charge is 0.307 e. The average Bonchev–Trinajstić information content (AvgIpc) is 2.48. The first-order valence-corrected chi connectivity index (χ1v) is 5.98. The second-order valence-electron chi connectivity index (χ2n) is 4.23. The van der Waals surface area contributed by atoms with Crippen molar-refractivity contribution < 1.29 is 23.5 Å². The number of rotatable bonds is 5. The molecule has 0 heterocycles. The number of ether oxygens (including phenoxy) is 1. The quantitative estimate of drug-likeness (QED) is 0.680. The molecule has 0 bridgehead atoms. The molecule has 7 heteroatoms. The van der Waals surface area contributed by atoms with Gasteiger partial charge in [0.05, 0.1) is 11.0 Å². The van der Waals surface area contributed by atoms with Crippen LogP contribution in [-0.4, -0.2) is 16.6 Å². The van der Waals surface area contributed by atoms with E-state index in [0.29, 0.717) is 17.7 Å². The molecule has 0 spiro atoms. The van der Waals surface area contributed by atoms with Crippen molar-refractivity contribution in [1.82, 2.24) is 0 Å². The standard InChI is InChI=1S/C14H11F2NO4/c15-10-7-14(11(16)6-12(10)17(19)20)21-8-13(18)9-4-2-1-3-5-9/h1-7,13,18H,8H2. The number of halogens is 2. The molecule has 1 atom stereocenters. The topological polar surface area (TPSA) is 72.6 Å². The van der Waals surface area contributed by atoms with Crippen LogP contribution < -0.4 is 4.74 Å². The molecular weight excluding hydrogens is 284 g/mol. The molecule has 0 aliphatic rings. The minimum Gasteiger partial charge on any atom is -0.487 e. The van der Waals surface area contributed by atoms with Crippen LogP contribution in [0.5, 0.6) is 5.75 Å². The van der Waals surface area contributed by atoms with E-state index in [4.69, 9.17) is 4.74 Å². The van der Waals surface area contributed by atoms with Crippen LogP contribution in [0.3, 0.4) is 0 Å². The van der Waals surface area contributed by atoms with Crippen molar-refractivity contribution in [3.05, 3.63) is 69.8 Å². The highest BCUT2D eigenvalue weighted by Gasteiger charge is 2.20. The third-order valence-corrected chi connectivity index (χ3v) is 2.78. The van der Waals surface area contributed by atoms with Gasteiger partial charge >= 0.3 is 5.69 Å². The van der Waals surface area contributed by atoms with Gasteiger partial charge in [-0.15, -0.1) is 0 Å². The first-order valence-electron chi connectivity index (χ1n) is 5.98. The van der Waals surface area contributed by atoms with Gasteiger partial charge in [-0.1, -0.05) is 30.3 Å². The summed E-state index contributed by atoms with van der Waals surface area (Å²) in [4.78, 5) is 9.43. The Morgan fingerprint density at radius 2 is 1.86 bits per heavy atom. The number of hydrogen-bond acceptors (Lipinski definition) is 4. The molecule has 5 nitrogen and oxygen atoms in total. The van der Waals surface area contributed by atoms with Gasteiger partial charge in [0.2, 0.25) is 5.82 Å². The minimum atomic E-state index is -1.20. The molecule has 2 rings (SSSR count). The lowest BCUT2D eigenvalue weighted by Gasteiger charge is -2.13. The van der Waals surface area contributed by atoms with Crippen LogP contribution in [-0.2, 0) is 0 Å². The normalized spacial score (nSPS) is 12.0. The summed E-state index contributed by atoms with van der Waals surface area (Å²) in [5.74, 6) is -2.76. The summed E-state index contributed by atoms with van der Waals surface area (Å²) >= 11 is 0. The van der Waals surface area contributed by atoms with E-state index in [-0.39, 0.29) is 6.61 Å². The summed E-state index contributed by atoms with van der Waals surface area (Å²) in [5, 5.41) is 20.3. The Morgan fingerprint density at radius 1 is 1.19 bits per heavy atom. The Balaban J connectivity index is 2.10. The van der Waals surface area contributed by atoms with Gasteiger partial charge in [0.25, 0.3) is 0 Å². The van der Waals surface area contributed by atoms with Gasteiger partial charge in [0.15, 0.2) is 11.6 Å². The van der Waals surface area contributed by atoms with Gasteiger partial charge in [0, 0.05) is 6.07 Å². The maximum atomic E-state index is 13.6. The summed E-state index contributed by atoms with van der Waals surface area (Å²) in [5.41, 5.74) is -0.413. The molecule has 2 aromatic carbocycles. The highest BCUT2D eigenvalue weighted by atomic mass is 19.1. The monoisotopic (exact) mass is 295 g/mol. The van der Waals surface area contributed by atoms with Crippen molar-refractivity contribution >= 4 is 5.69 Å². The lowest BCUT2D eigenvalue weighted by Crippen LogP contribution is -2.10. The van der Waals surface area contributed by atoms with E-state index < -0.39 is 34.1 Å². The van der Waals surface area contributed by atoms with Crippen LogP contribution in [0, 0.1) is 21.7 Å². The van der Waals surface area contributed by atoms with E-state index in [0.717, 1.165) is 0 Å². The van der Waals surface area contributed by atoms with Crippen molar-refractivity contribution in [2.24, 2.45) is 0 Å². The zero-order valence-corrected chi connectivity index (χ0v) is 10.7. The number of nitrogens with zero attached hydrogens (tertiary/aromatic N) is 1. The Kier molecular flexibility index (Phi) is 4.44. The Morgan fingerprint density at radius 3 is 2.48 bits per heavy atom. The fourth-order valence-electron chi connectivity index (χ4n) is 1.71. The predicted molar refractivity (Wildman–Crippen MR) is 69.9 cm³/mol. The highest BCUT2D eigenvalue weighted by molar-refractivity contribution is 5.39. The molecule has 0 saturated carbocycles. The lowest BCUT2D eigenvalue weighted by atomic mass is 10.1. The summed E-state index contributed by atoms with van der Waals surface area (Å²) in [6.07, 6.45) is -1.02. The molecule has 0 radical (unpaired) electrons. The van der Waals surface area contributed by atoms with Crippen LogP contribution in [0.1, 0.15) is 11.7 Å². The predicted octanol–water partition coefficient (Wildman–Crippen LogP) is 2.99. The molecular formula is C14H11F2NO4. The molecule has 0 fully saturated rings. The first-order chi connectivity index (χ1) is 9.99. The minimum absolute atomic E-state index is 0.307. The van der Waals surface area contributed by atoms with Crippen LogP contribution in [0.25, 0.3) is 0 Å². The SMILES string of the molecule is O=[N+]([O-])c1cc(F)c(OCC(O)c2ccccc2)cc1F. The lowest BCUT2D eigenvalue weighted by molar-refractivity contribution is -0.387. The number of nitro benzene ring substituents is 1. The number of benzene rings is 2. The van der Waals surface area contributed by atoms with Crippen LogP contribution in [0.15, 0.2) is 42.5 Å². The Hall–Kier alpha value is -2.54. The maximum absolute atomic E-state index is 13.6. The molecule has 0 amide bonds. The largest absolute Gasteiger partial charge is 0.487 e. The van der Waals surface area contributed by atoms with Gasteiger partial charge in [-0.2, -0.15) is 4.39 Å². The molecule has 2 aromatic rings. The van der Waals surface area contributed by atoms with Gasteiger partial charge < -0.3 is 9.84 Å². The van der Waals surface area contributed by atoms with E-state index in [2.05, 4.69) is 0 Å². The summed E-state index contributed by atoms with van der Waals surface area (Å²) in [7, 11) is 0. The summed E-state index contributed by atoms with van der Waals surface area (Å²) in [6.45, 7) is -0.307. The number of nitro groups is 1. The Labute approximate surface area is 118 Å². The van der Waals surface area contributed by atoms with Crippen molar-refractivity contribution in [2.45, 2.75) is 6.10 Å². The number of aliphatic hydroxyl groups is 1. The average molecular weight is 295 g/mol. The second kappa shape index (κ2) is 6.27. The van der Waals surface area contributed by atoms with E-state index >= 15 is 0 Å². The molecule has 0 saturated heterocycles. The van der Waals surface area contributed by atoms with Gasteiger partial charge in [0.1, 0.15) is 12.7 Å². The van der Waals surface area contributed by atoms with Crippen LogP contribution in [0.4, 0.5) is 14.5 Å². The molecule has 0 aliphatic heterocycles. The first kappa shape index (κ1) is 14.9. The van der Waals surface area contributed by atoms with Gasteiger partial charge in [-0.3, -0.25) is 10.1 Å². The van der Waals surface area contributed by atoms with E-state index in [1.165, 1.54) is 0 Å². The fraction of sp³-hybridized carbons (Fsp3) is 0.143. The van der Waals surface area contributed by atoms with Gasteiger partial charge in [-0.05, 0) is 5.56 Å². The van der Waals surface area contributed by atoms with Crippen molar-refractivity contribution in [3.63, 3.8) is 0 Å². The van der Waals surface area contributed by atoms with Crippen LogP contribution >= 0.6 is 0 Å².